The van der Waals surface area contributed by atoms with Crippen molar-refractivity contribution in [2.24, 2.45) is 5.92 Å². The summed E-state index contributed by atoms with van der Waals surface area (Å²) in [5, 5.41) is 3.79. The van der Waals surface area contributed by atoms with Crippen LogP contribution in [-0.4, -0.2) is 74.7 Å². The van der Waals surface area contributed by atoms with Crippen LogP contribution in [0.1, 0.15) is 30.6 Å². The molecule has 2 heterocycles. The standard InChI is InChI=1S/C20H30ClN3O3.ClH/c1-14(2)13-27-19-17(21)10-15(11-18(19)26-3)20(25)24-7-4-16(12-24)23-8-5-22-6-9-23;/h10-11,14,16,22H,4-9,12-13H2,1-3H3;1H. The van der Waals surface area contributed by atoms with Crippen LogP contribution in [0.2, 0.25) is 5.02 Å². The molecule has 1 aromatic carbocycles. The first-order valence-electron chi connectivity index (χ1n) is 9.74. The predicted octanol–water partition coefficient (Wildman–Crippen LogP) is 2.92. The van der Waals surface area contributed by atoms with Gasteiger partial charge in [-0.05, 0) is 24.5 Å². The summed E-state index contributed by atoms with van der Waals surface area (Å²) in [6, 6.07) is 3.88. The molecule has 1 N–H and O–H groups in total. The minimum absolute atomic E-state index is 0. The normalized spacial score (nSPS) is 20.2. The van der Waals surface area contributed by atoms with E-state index in [1.165, 1.54) is 0 Å². The SMILES string of the molecule is COc1cc(C(=O)N2CCC(N3CCNCC3)C2)cc(Cl)c1OCC(C)C.Cl. The minimum Gasteiger partial charge on any atom is -0.493 e. The number of hydrogen-bond donors (Lipinski definition) is 1. The summed E-state index contributed by atoms with van der Waals surface area (Å²) in [6.45, 7) is 10.4. The molecular weight excluding hydrogens is 401 g/mol. The van der Waals surface area contributed by atoms with E-state index in [2.05, 4.69) is 24.1 Å². The molecule has 0 saturated carbocycles. The van der Waals surface area contributed by atoms with E-state index in [0.717, 1.165) is 45.7 Å². The zero-order valence-corrected chi connectivity index (χ0v) is 18.4. The van der Waals surface area contributed by atoms with Gasteiger partial charge in [0.25, 0.3) is 5.91 Å². The molecule has 1 unspecified atom stereocenters. The maximum absolute atomic E-state index is 13.0. The van der Waals surface area contributed by atoms with Gasteiger partial charge in [-0.3, -0.25) is 9.69 Å². The number of carbonyl (C=O) groups excluding carboxylic acids is 1. The molecule has 0 spiro atoms. The maximum atomic E-state index is 13.0. The summed E-state index contributed by atoms with van der Waals surface area (Å²) < 4.78 is 11.2. The quantitative estimate of drug-likeness (QED) is 0.749. The highest BCUT2D eigenvalue weighted by Crippen LogP contribution is 2.37. The smallest absolute Gasteiger partial charge is 0.254 e. The first-order chi connectivity index (χ1) is 13.0. The van der Waals surface area contributed by atoms with Gasteiger partial charge < -0.3 is 19.7 Å². The Kier molecular flexibility index (Phi) is 8.68. The molecule has 1 atom stereocenters. The van der Waals surface area contributed by atoms with E-state index in [0.29, 0.717) is 40.7 Å². The Bertz CT molecular complexity index is 666. The van der Waals surface area contributed by atoms with Crippen LogP contribution in [0.3, 0.4) is 0 Å². The number of likely N-dealkylation sites (tertiary alicyclic amines) is 1. The number of carbonyl (C=O) groups is 1. The molecule has 1 aromatic rings. The fourth-order valence-electron chi connectivity index (χ4n) is 3.69. The molecule has 2 aliphatic heterocycles. The van der Waals surface area contributed by atoms with Crippen LogP contribution in [0.25, 0.3) is 0 Å². The number of nitrogens with one attached hydrogen (secondary N) is 1. The van der Waals surface area contributed by atoms with Gasteiger partial charge in [0.15, 0.2) is 11.5 Å². The molecule has 8 heteroatoms. The molecule has 0 aromatic heterocycles. The van der Waals surface area contributed by atoms with Gasteiger partial charge in [0, 0.05) is 50.9 Å². The number of piperazine rings is 1. The molecule has 2 fully saturated rings. The molecule has 158 valence electrons. The summed E-state index contributed by atoms with van der Waals surface area (Å²) in [6.07, 6.45) is 1.02. The van der Waals surface area contributed by atoms with E-state index < -0.39 is 0 Å². The molecule has 28 heavy (non-hydrogen) atoms. The fourth-order valence-corrected chi connectivity index (χ4v) is 3.95. The van der Waals surface area contributed by atoms with Crippen LogP contribution >= 0.6 is 24.0 Å². The van der Waals surface area contributed by atoms with Crippen molar-refractivity contribution in [1.29, 1.82) is 0 Å². The number of rotatable bonds is 6. The number of nitrogens with zero attached hydrogens (tertiary/aromatic N) is 2. The third-order valence-corrected chi connectivity index (χ3v) is 5.44. The summed E-state index contributed by atoms with van der Waals surface area (Å²) >= 11 is 6.41. The number of halogens is 2. The lowest BCUT2D eigenvalue weighted by atomic mass is 10.1. The third-order valence-electron chi connectivity index (χ3n) is 5.16. The van der Waals surface area contributed by atoms with Crippen molar-refractivity contribution in [1.82, 2.24) is 15.1 Å². The van der Waals surface area contributed by atoms with Crippen molar-refractivity contribution in [3.8, 4) is 11.5 Å². The van der Waals surface area contributed by atoms with Crippen molar-refractivity contribution in [3.05, 3.63) is 22.7 Å². The number of amides is 1. The second-order valence-electron chi connectivity index (χ2n) is 7.67. The van der Waals surface area contributed by atoms with Gasteiger partial charge >= 0.3 is 0 Å². The van der Waals surface area contributed by atoms with Crippen molar-refractivity contribution in [2.75, 3.05) is 53.0 Å². The van der Waals surface area contributed by atoms with E-state index in [4.69, 9.17) is 21.1 Å². The van der Waals surface area contributed by atoms with Crippen LogP contribution in [0.4, 0.5) is 0 Å². The van der Waals surface area contributed by atoms with Crippen molar-refractivity contribution < 1.29 is 14.3 Å². The zero-order chi connectivity index (χ0) is 19.4. The van der Waals surface area contributed by atoms with Crippen LogP contribution in [0.15, 0.2) is 12.1 Å². The third kappa shape index (κ3) is 5.44. The average Bonchev–Trinajstić information content (AvgIpc) is 3.16. The van der Waals surface area contributed by atoms with Gasteiger partial charge in [-0.2, -0.15) is 0 Å². The van der Waals surface area contributed by atoms with E-state index in [-0.39, 0.29) is 18.3 Å². The van der Waals surface area contributed by atoms with Crippen molar-refractivity contribution in [3.63, 3.8) is 0 Å². The molecule has 0 bridgehead atoms. The van der Waals surface area contributed by atoms with E-state index in [1.807, 2.05) is 4.90 Å². The zero-order valence-electron chi connectivity index (χ0n) is 16.9. The largest absolute Gasteiger partial charge is 0.493 e. The molecule has 2 aliphatic rings. The lowest BCUT2D eigenvalue weighted by Gasteiger charge is -2.32. The molecular formula is C20H31Cl2N3O3. The van der Waals surface area contributed by atoms with Crippen LogP contribution in [0, 0.1) is 5.92 Å². The topological polar surface area (TPSA) is 54.0 Å². The highest BCUT2D eigenvalue weighted by Gasteiger charge is 2.32. The van der Waals surface area contributed by atoms with Gasteiger partial charge in [-0.25, -0.2) is 0 Å². The summed E-state index contributed by atoms with van der Waals surface area (Å²) in [5.41, 5.74) is 0.551. The van der Waals surface area contributed by atoms with Gasteiger partial charge in [-0.1, -0.05) is 25.4 Å². The molecule has 3 rings (SSSR count). The number of methoxy groups -OCH3 is 1. The summed E-state index contributed by atoms with van der Waals surface area (Å²) in [4.78, 5) is 17.4. The highest BCUT2D eigenvalue weighted by molar-refractivity contribution is 6.32. The first kappa shape index (κ1) is 23.1. The monoisotopic (exact) mass is 431 g/mol. The first-order valence-corrected chi connectivity index (χ1v) is 10.1. The second kappa shape index (κ2) is 10.5. The Morgan fingerprint density at radius 3 is 2.64 bits per heavy atom. The summed E-state index contributed by atoms with van der Waals surface area (Å²) in [5.74, 6) is 1.38. The van der Waals surface area contributed by atoms with Gasteiger partial charge in [0.05, 0.1) is 18.7 Å². The van der Waals surface area contributed by atoms with Crippen LogP contribution < -0.4 is 14.8 Å². The Labute approximate surface area is 178 Å². The number of benzene rings is 1. The molecule has 1 amide bonds. The highest BCUT2D eigenvalue weighted by atomic mass is 35.5. The molecule has 0 aliphatic carbocycles. The van der Waals surface area contributed by atoms with E-state index >= 15 is 0 Å². The molecule has 2 saturated heterocycles. The minimum atomic E-state index is 0. The van der Waals surface area contributed by atoms with Gasteiger partial charge in [0.1, 0.15) is 0 Å². The van der Waals surface area contributed by atoms with Gasteiger partial charge in [-0.15, -0.1) is 12.4 Å². The lowest BCUT2D eigenvalue weighted by molar-refractivity contribution is 0.0773. The van der Waals surface area contributed by atoms with Crippen LogP contribution in [-0.2, 0) is 0 Å². The van der Waals surface area contributed by atoms with E-state index in [1.54, 1.807) is 19.2 Å². The fraction of sp³-hybridized carbons (Fsp3) is 0.650. The van der Waals surface area contributed by atoms with Gasteiger partial charge in [0.2, 0.25) is 0 Å². The number of ether oxygens (including phenoxy) is 2. The molecule has 0 radical (unpaired) electrons. The Balaban J connectivity index is 0.00000280. The average molecular weight is 432 g/mol. The van der Waals surface area contributed by atoms with E-state index in [9.17, 15) is 4.79 Å². The van der Waals surface area contributed by atoms with Crippen molar-refractivity contribution in [2.45, 2.75) is 26.3 Å². The predicted molar refractivity (Wildman–Crippen MR) is 114 cm³/mol. The summed E-state index contributed by atoms with van der Waals surface area (Å²) in [7, 11) is 1.57. The number of hydrogen-bond acceptors (Lipinski definition) is 5. The lowest BCUT2D eigenvalue weighted by Crippen LogP contribution is -2.49. The Morgan fingerprint density at radius 2 is 2.00 bits per heavy atom. The van der Waals surface area contributed by atoms with Crippen LogP contribution in [0.5, 0.6) is 11.5 Å². The molecule has 6 nitrogen and oxygen atoms in total. The maximum Gasteiger partial charge on any atom is 0.254 e. The second-order valence-corrected chi connectivity index (χ2v) is 8.08. The Morgan fingerprint density at radius 1 is 1.29 bits per heavy atom. The Hall–Kier alpha value is -1.21. The van der Waals surface area contributed by atoms with Crippen molar-refractivity contribution >= 4 is 29.9 Å².